The van der Waals surface area contributed by atoms with Crippen LogP contribution in [-0.2, 0) is 24.2 Å². The van der Waals surface area contributed by atoms with Crippen LogP contribution in [0.4, 0.5) is 13.2 Å². The van der Waals surface area contributed by atoms with E-state index in [9.17, 15) is 13.2 Å². The molecule has 27 heavy (non-hydrogen) atoms. The molecule has 0 unspecified atom stereocenters. The Kier molecular flexibility index (Phi) is 5.89. The van der Waals surface area contributed by atoms with Crippen molar-refractivity contribution in [2.45, 2.75) is 20.3 Å². The average molecular weight is 509 g/mol. The number of benzene rings is 1. The Morgan fingerprint density at radius 1 is 1.07 bits per heavy atom. The summed E-state index contributed by atoms with van der Waals surface area (Å²) in [5.41, 5.74) is -3.01. The first kappa shape index (κ1) is 22.0. The van der Waals surface area contributed by atoms with Gasteiger partial charge in [-0.15, -0.1) is 0 Å². The zero-order chi connectivity index (χ0) is 20.8. The van der Waals surface area contributed by atoms with Crippen molar-refractivity contribution in [2.24, 2.45) is 14.1 Å². The molecule has 2 aromatic heterocycles. The summed E-state index contributed by atoms with van der Waals surface area (Å²) in [6, 6.07) is 9.32. The second-order valence-corrected chi connectivity index (χ2v) is 23.2. The van der Waals surface area contributed by atoms with E-state index in [1.807, 2.05) is 0 Å². The smallest absolute Gasteiger partial charge is 0.485 e. The van der Waals surface area contributed by atoms with Gasteiger partial charge in [0.05, 0.1) is 0 Å². The van der Waals surface area contributed by atoms with Crippen molar-refractivity contribution in [3.63, 3.8) is 0 Å². The summed E-state index contributed by atoms with van der Waals surface area (Å²) in [5, 5.41) is 2.77. The van der Waals surface area contributed by atoms with Crippen LogP contribution in [-0.4, -0.2) is 41.4 Å². The van der Waals surface area contributed by atoms with E-state index in [4.69, 9.17) is 13.0 Å². The van der Waals surface area contributed by atoms with Gasteiger partial charge in [-0.2, -0.15) is 13.2 Å². The summed E-state index contributed by atoms with van der Waals surface area (Å²) in [4.78, 5) is 7.42. The van der Waals surface area contributed by atoms with Crippen molar-refractivity contribution < 1.29 is 30.7 Å². The van der Waals surface area contributed by atoms with Crippen LogP contribution < -0.4 is 8.15 Å². The fourth-order valence-corrected chi connectivity index (χ4v) is 6.03. The maximum Gasteiger partial charge on any atom is 0.485 e. The Labute approximate surface area is 160 Å². The molecule has 0 spiro atoms. The zero-order valence-corrected chi connectivity index (χ0v) is 19.3. The van der Waals surface area contributed by atoms with Gasteiger partial charge >= 0.3 is 124 Å². The van der Waals surface area contributed by atoms with E-state index in [1.165, 1.54) is 21.8 Å². The molecule has 1 aromatic carbocycles. The van der Waals surface area contributed by atoms with Gasteiger partial charge < -0.3 is 4.55 Å². The Bertz CT molecular complexity index is 1100. The van der Waals surface area contributed by atoms with Crippen molar-refractivity contribution in [3.05, 3.63) is 36.7 Å². The molecule has 0 bridgehead atoms. The minimum atomic E-state index is -6.09. The summed E-state index contributed by atoms with van der Waals surface area (Å²) < 4.78 is 64.9. The number of rotatable bonds is 1. The van der Waals surface area contributed by atoms with Gasteiger partial charge in [-0.1, -0.05) is 0 Å². The Balaban J connectivity index is 0.000000279. The first-order valence-corrected chi connectivity index (χ1v) is 19.4. The fourth-order valence-electron chi connectivity index (χ4n) is 2.72. The van der Waals surface area contributed by atoms with Crippen LogP contribution in [0.5, 0.6) is 0 Å². The number of hydrogen-bond acceptors (Lipinski definition) is 3. The van der Waals surface area contributed by atoms with Crippen LogP contribution in [0.2, 0.25) is 14.8 Å². The third-order valence-corrected chi connectivity index (χ3v) is 10.6. The van der Waals surface area contributed by atoms with Crippen LogP contribution in [0.25, 0.3) is 21.8 Å². The van der Waals surface area contributed by atoms with E-state index in [0.29, 0.717) is 0 Å². The maximum absolute atomic E-state index is 10.7. The van der Waals surface area contributed by atoms with E-state index >= 15 is 0 Å². The third kappa shape index (κ3) is 4.75. The predicted octanol–water partition coefficient (Wildman–Crippen LogP) is 2.75. The maximum atomic E-state index is 10.7. The molecule has 0 atom stereocenters. The molecule has 2 heterocycles. The SMILES string of the molecule is Cn1c2cc[c]([Sn]([CH3])([CH3])[CH3])cc2c2cc[n+](C)cc21.O=S(=O)([O-])C(F)(F)F. The summed E-state index contributed by atoms with van der Waals surface area (Å²) in [5.74, 6) is 0. The molecule has 0 radical (unpaired) electrons. The largest absolute Gasteiger partial charge is 0.741 e. The van der Waals surface area contributed by atoms with E-state index in [0.717, 1.165) is 0 Å². The summed E-state index contributed by atoms with van der Waals surface area (Å²) >= 11 is -1.99. The Morgan fingerprint density at radius 2 is 1.63 bits per heavy atom. The molecule has 0 aliphatic rings. The van der Waals surface area contributed by atoms with Crippen molar-refractivity contribution in [1.82, 2.24) is 4.57 Å². The van der Waals surface area contributed by atoms with Crippen LogP contribution >= 0.6 is 0 Å². The minimum Gasteiger partial charge on any atom is -0.741 e. The molecular weight excluding hydrogens is 488 g/mol. The van der Waals surface area contributed by atoms with E-state index in [-0.39, 0.29) is 0 Å². The molecule has 3 aromatic rings. The molecule has 0 fully saturated rings. The number of halogens is 3. The van der Waals surface area contributed by atoms with Crippen LogP contribution in [0.3, 0.4) is 0 Å². The van der Waals surface area contributed by atoms with Gasteiger partial charge in [0, 0.05) is 0 Å². The molecule has 0 aliphatic carbocycles. The van der Waals surface area contributed by atoms with Gasteiger partial charge in [0.25, 0.3) is 0 Å². The summed E-state index contributed by atoms with van der Waals surface area (Å²) in [6.07, 6.45) is 4.34. The first-order chi connectivity index (χ1) is 12.1. The van der Waals surface area contributed by atoms with E-state index in [1.54, 1.807) is 3.58 Å². The van der Waals surface area contributed by atoms with Gasteiger partial charge in [0.1, 0.15) is 0 Å². The van der Waals surface area contributed by atoms with Gasteiger partial charge in [0.15, 0.2) is 10.1 Å². The normalized spacial score (nSPS) is 12.9. The Hall–Kier alpha value is -1.33. The average Bonchev–Trinajstić information content (AvgIpc) is 2.77. The topological polar surface area (TPSA) is 66.0 Å². The van der Waals surface area contributed by atoms with Crippen molar-refractivity contribution in [3.8, 4) is 0 Å². The number of hydrogen-bond donors (Lipinski definition) is 0. The third-order valence-electron chi connectivity index (χ3n) is 4.24. The minimum absolute atomic E-state index is 1.31. The quantitative estimate of drug-likeness (QED) is 0.220. The number of pyridine rings is 1. The summed E-state index contributed by atoms with van der Waals surface area (Å²) in [7, 11) is -1.86. The number of alkyl halides is 3. The molecule has 0 saturated heterocycles. The van der Waals surface area contributed by atoms with Crippen molar-refractivity contribution >= 4 is 53.9 Å². The molecule has 0 N–H and O–H groups in total. The molecule has 0 amide bonds. The number of fused-ring (bicyclic) bond motifs is 3. The molecule has 3 rings (SSSR count). The van der Waals surface area contributed by atoms with Crippen molar-refractivity contribution in [2.75, 3.05) is 0 Å². The van der Waals surface area contributed by atoms with E-state index < -0.39 is 34.0 Å². The van der Waals surface area contributed by atoms with Crippen LogP contribution in [0.15, 0.2) is 36.7 Å². The van der Waals surface area contributed by atoms with Crippen LogP contribution in [0, 0.1) is 0 Å². The second-order valence-electron chi connectivity index (χ2n) is 7.35. The zero-order valence-electron chi connectivity index (χ0n) is 15.6. The predicted molar refractivity (Wildman–Crippen MR) is 100 cm³/mol. The molecule has 148 valence electrons. The molecule has 5 nitrogen and oxygen atoms in total. The monoisotopic (exact) mass is 510 g/mol. The first-order valence-electron chi connectivity index (χ1n) is 8.03. The number of aromatic nitrogens is 2. The van der Waals surface area contributed by atoms with Crippen LogP contribution in [0.1, 0.15) is 0 Å². The number of aryl methyl sites for hydroxylation is 2. The van der Waals surface area contributed by atoms with Gasteiger partial charge in [-0.25, -0.2) is 8.42 Å². The van der Waals surface area contributed by atoms with Gasteiger partial charge in [-0.05, 0) is 0 Å². The van der Waals surface area contributed by atoms with Gasteiger partial charge in [-0.3, -0.25) is 0 Å². The Morgan fingerprint density at radius 3 is 2.11 bits per heavy atom. The fraction of sp³-hybridized carbons (Fsp3) is 0.353. The summed E-state index contributed by atoms with van der Waals surface area (Å²) in [6.45, 7) is 0. The van der Waals surface area contributed by atoms with Gasteiger partial charge in [0.2, 0.25) is 0 Å². The van der Waals surface area contributed by atoms with E-state index in [2.05, 4.69) is 74.7 Å². The molecular formula is C17H21F3N2O3SSn. The molecule has 10 heteroatoms. The molecule has 0 saturated carbocycles. The molecule has 0 aliphatic heterocycles. The standard InChI is InChI=1S/C13H12N2.CHF3O3S.3CH3.Sn/c1-14-8-7-11-10-5-3-4-6-12(10)15(2)13(11)9-14;2-1(3,4)8(5,6)7;;;;/h4-9H,1-2H3;(H,5,6,7);3*1H3;/q+1;;;;;/p-1. The second kappa shape index (κ2) is 7.25. The van der Waals surface area contributed by atoms with Crippen molar-refractivity contribution in [1.29, 1.82) is 0 Å². The number of nitrogens with zero attached hydrogens (tertiary/aromatic N) is 2.